The molecule has 0 aromatic carbocycles. The number of carbonyl (C=O) groups excluding carboxylic acids is 1. The molecule has 0 fully saturated rings. The monoisotopic (exact) mass is 226 g/mol. The highest BCUT2D eigenvalue weighted by Gasteiger charge is 2.16. The van der Waals surface area contributed by atoms with Crippen molar-refractivity contribution in [2.75, 3.05) is 19.6 Å². The van der Waals surface area contributed by atoms with Gasteiger partial charge >= 0.3 is 12.0 Å². The molecule has 0 aliphatic carbocycles. The second-order valence-corrected chi connectivity index (χ2v) is 3.75. The summed E-state index contributed by atoms with van der Waals surface area (Å²) >= 11 is 0. The van der Waals surface area contributed by atoms with E-state index in [-0.39, 0.29) is 25.0 Å². The number of hydrogen-bond acceptors (Lipinski definition) is 2. The van der Waals surface area contributed by atoms with Crippen LogP contribution >= 0.6 is 0 Å². The van der Waals surface area contributed by atoms with Crippen LogP contribution in [-0.2, 0) is 4.79 Å². The lowest BCUT2D eigenvalue weighted by atomic mass is 10.2. The Morgan fingerprint density at radius 1 is 1.44 bits per heavy atom. The Bertz CT molecular complexity index is 302. The van der Waals surface area contributed by atoms with Gasteiger partial charge in [-0.05, 0) is 12.8 Å². The first kappa shape index (κ1) is 14.3. The molecular formula is C11H18N2O3. The molecule has 90 valence electrons. The second-order valence-electron chi connectivity index (χ2n) is 3.75. The third-order valence-electron chi connectivity index (χ3n) is 1.70. The van der Waals surface area contributed by atoms with Crippen molar-refractivity contribution in [2.45, 2.75) is 20.8 Å². The maximum Gasteiger partial charge on any atom is 0.323 e. The summed E-state index contributed by atoms with van der Waals surface area (Å²) in [6, 6.07) is -0.390. The summed E-state index contributed by atoms with van der Waals surface area (Å²) in [7, 11) is 0. The third-order valence-corrected chi connectivity index (χ3v) is 1.70. The van der Waals surface area contributed by atoms with E-state index in [9.17, 15) is 9.59 Å². The third kappa shape index (κ3) is 6.71. The second kappa shape index (κ2) is 7.57. The zero-order valence-electron chi connectivity index (χ0n) is 9.91. The van der Waals surface area contributed by atoms with Gasteiger partial charge in [0, 0.05) is 6.54 Å². The van der Waals surface area contributed by atoms with Gasteiger partial charge in [-0.3, -0.25) is 4.79 Å². The molecule has 2 amide bonds. The van der Waals surface area contributed by atoms with Gasteiger partial charge in [0.2, 0.25) is 0 Å². The van der Waals surface area contributed by atoms with Crippen LogP contribution < -0.4 is 5.32 Å². The van der Waals surface area contributed by atoms with Gasteiger partial charge in [0.15, 0.2) is 0 Å². The number of urea groups is 1. The van der Waals surface area contributed by atoms with Crippen LogP contribution in [0.15, 0.2) is 0 Å². The number of carboxylic acids is 1. The fourth-order valence-electron chi connectivity index (χ4n) is 1.14. The maximum absolute atomic E-state index is 11.6. The quantitative estimate of drug-likeness (QED) is 0.680. The van der Waals surface area contributed by atoms with Crippen LogP contribution in [-0.4, -0.2) is 41.6 Å². The van der Waals surface area contributed by atoms with E-state index in [0.717, 1.165) is 0 Å². The average Bonchev–Trinajstić information content (AvgIpc) is 2.15. The summed E-state index contributed by atoms with van der Waals surface area (Å²) in [6.07, 6.45) is 0. The molecule has 0 radical (unpaired) electrons. The molecule has 0 saturated carbocycles. The van der Waals surface area contributed by atoms with E-state index in [1.807, 2.05) is 13.8 Å². The lowest BCUT2D eigenvalue weighted by Crippen LogP contribution is -2.44. The van der Waals surface area contributed by atoms with Crippen molar-refractivity contribution in [1.29, 1.82) is 0 Å². The number of carboxylic acid groups (broad SMARTS) is 1. The van der Waals surface area contributed by atoms with Crippen molar-refractivity contribution < 1.29 is 14.7 Å². The van der Waals surface area contributed by atoms with Crippen molar-refractivity contribution in [3.63, 3.8) is 0 Å². The summed E-state index contributed by atoms with van der Waals surface area (Å²) in [5.41, 5.74) is 0. The lowest BCUT2D eigenvalue weighted by molar-refractivity contribution is -0.137. The summed E-state index contributed by atoms with van der Waals surface area (Å²) in [5.74, 6) is 4.54. The van der Waals surface area contributed by atoms with E-state index in [1.54, 1.807) is 6.92 Å². The van der Waals surface area contributed by atoms with Gasteiger partial charge < -0.3 is 15.3 Å². The van der Waals surface area contributed by atoms with E-state index in [4.69, 9.17) is 5.11 Å². The molecular weight excluding hydrogens is 208 g/mol. The van der Waals surface area contributed by atoms with Gasteiger partial charge in [0.1, 0.15) is 6.54 Å². The fraction of sp³-hybridized carbons (Fsp3) is 0.636. The van der Waals surface area contributed by atoms with Crippen LogP contribution in [0.25, 0.3) is 0 Å². The Morgan fingerprint density at radius 3 is 2.50 bits per heavy atom. The Kier molecular flexibility index (Phi) is 6.77. The highest BCUT2D eigenvalue weighted by atomic mass is 16.4. The lowest BCUT2D eigenvalue weighted by Gasteiger charge is -2.22. The standard InChI is InChI=1S/C11H18N2O3/c1-4-5-6-12-11(16)13(7-9(2)3)8-10(14)15/h9H,6-8H2,1-3H3,(H,12,16)(H,14,15). The average molecular weight is 226 g/mol. The van der Waals surface area contributed by atoms with Gasteiger partial charge in [0.05, 0.1) is 6.54 Å². The van der Waals surface area contributed by atoms with Crippen molar-refractivity contribution in [3.05, 3.63) is 0 Å². The zero-order chi connectivity index (χ0) is 12.6. The highest BCUT2D eigenvalue weighted by molar-refractivity contribution is 5.80. The topological polar surface area (TPSA) is 69.6 Å². The minimum Gasteiger partial charge on any atom is -0.480 e. The van der Waals surface area contributed by atoms with E-state index in [0.29, 0.717) is 6.54 Å². The molecule has 0 saturated heterocycles. The Morgan fingerprint density at radius 2 is 2.06 bits per heavy atom. The van der Waals surface area contributed by atoms with Crippen LogP contribution in [0.5, 0.6) is 0 Å². The number of nitrogens with zero attached hydrogens (tertiary/aromatic N) is 1. The summed E-state index contributed by atoms with van der Waals surface area (Å²) in [4.78, 5) is 23.4. The van der Waals surface area contributed by atoms with Crippen LogP contribution in [0.4, 0.5) is 4.79 Å². The van der Waals surface area contributed by atoms with E-state index in [2.05, 4.69) is 17.2 Å². The van der Waals surface area contributed by atoms with Gasteiger partial charge in [-0.25, -0.2) is 4.79 Å². The molecule has 0 aliphatic rings. The summed E-state index contributed by atoms with van der Waals surface area (Å²) in [6.45, 7) is 5.89. The number of nitrogens with one attached hydrogen (secondary N) is 1. The van der Waals surface area contributed by atoms with Crippen molar-refractivity contribution in [2.24, 2.45) is 5.92 Å². The molecule has 0 aromatic rings. The molecule has 5 nitrogen and oxygen atoms in total. The minimum absolute atomic E-state index is 0.224. The number of rotatable bonds is 5. The van der Waals surface area contributed by atoms with E-state index < -0.39 is 5.97 Å². The molecule has 0 aromatic heterocycles. The SMILES string of the molecule is CC#CCNC(=O)N(CC(=O)O)CC(C)C. The fourth-order valence-corrected chi connectivity index (χ4v) is 1.14. The number of hydrogen-bond donors (Lipinski definition) is 2. The van der Waals surface area contributed by atoms with Gasteiger partial charge in [0.25, 0.3) is 0 Å². The zero-order valence-corrected chi connectivity index (χ0v) is 9.91. The molecule has 2 N–H and O–H groups in total. The molecule has 0 atom stereocenters. The molecule has 0 bridgehead atoms. The Hall–Kier alpha value is -1.70. The summed E-state index contributed by atoms with van der Waals surface area (Å²) in [5, 5.41) is 11.2. The van der Waals surface area contributed by atoms with Crippen molar-refractivity contribution >= 4 is 12.0 Å². The molecule has 5 heteroatoms. The molecule has 16 heavy (non-hydrogen) atoms. The van der Waals surface area contributed by atoms with Crippen LogP contribution in [0, 0.1) is 17.8 Å². The first-order chi connectivity index (χ1) is 7.47. The van der Waals surface area contributed by atoms with Crippen LogP contribution in [0.1, 0.15) is 20.8 Å². The molecule has 0 heterocycles. The predicted molar refractivity (Wildman–Crippen MR) is 60.9 cm³/mol. The Balaban J connectivity index is 4.29. The van der Waals surface area contributed by atoms with Gasteiger partial charge in [-0.15, -0.1) is 5.92 Å². The minimum atomic E-state index is -1.02. The number of aliphatic carboxylic acids is 1. The van der Waals surface area contributed by atoms with E-state index >= 15 is 0 Å². The largest absolute Gasteiger partial charge is 0.480 e. The maximum atomic E-state index is 11.6. The van der Waals surface area contributed by atoms with E-state index in [1.165, 1.54) is 4.90 Å². The smallest absolute Gasteiger partial charge is 0.323 e. The van der Waals surface area contributed by atoms with Crippen LogP contribution in [0.2, 0.25) is 0 Å². The molecule has 0 unspecified atom stereocenters. The first-order valence-electron chi connectivity index (χ1n) is 5.11. The van der Waals surface area contributed by atoms with Gasteiger partial charge in [-0.1, -0.05) is 19.8 Å². The van der Waals surface area contributed by atoms with Crippen molar-refractivity contribution in [3.8, 4) is 11.8 Å². The number of carbonyl (C=O) groups is 2. The molecule has 0 rings (SSSR count). The summed E-state index contributed by atoms with van der Waals surface area (Å²) < 4.78 is 0. The highest BCUT2D eigenvalue weighted by Crippen LogP contribution is 1.98. The van der Waals surface area contributed by atoms with Crippen LogP contribution in [0.3, 0.4) is 0 Å². The predicted octanol–water partition coefficient (Wildman–Crippen LogP) is 0.762. The Labute approximate surface area is 95.8 Å². The van der Waals surface area contributed by atoms with Gasteiger partial charge in [-0.2, -0.15) is 0 Å². The normalized spacial score (nSPS) is 9.25. The first-order valence-corrected chi connectivity index (χ1v) is 5.11. The van der Waals surface area contributed by atoms with Crippen molar-refractivity contribution in [1.82, 2.24) is 10.2 Å². The molecule has 0 aliphatic heterocycles. The number of amides is 2. The molecule has 0 spiro atoms.